The number of hydrogen-bond acceptors (Lipinski definition) is 2. The van der Waals surface area contributed by atoms with Crippen molar-refractivity contribution in [1.29, 1.82) is 0 Å². The molecule has 1 aromatic carbocycles. The van der Waals surface area contributed by atoms with Crippen LogP contribution in [0.4, 0.5) is 0 Å². The monoisotopic (exact) mass is 247 g/mol. The van der Waals surface area contributed by atoms with Crippen LogP contribution in [-0.4, -0.2) is 4.98 Å². The Morgan fingerprint density at radius 1 is 1.12 bits per heavy atom. The van der Waals surface area contributed by atoms with Gasteiger partial charge in [-0.15, -0.1) is 11.3 Å². The third kappa shape index (κ3) is 3.16. The van der Waals surface area contributed by atoms with E-state index in [2.05, 4.69) is 50.0 Å². The standard InChI is InChI=1S/C13H15NS.C2H6/c1-4-12-14-10(3)13(15-12)11-8-6-5-7-9(11)2;1-2/h5-8H,4H2,1-3H3;1-2H3. The minimum absolute atomic E-state index is 1.03. The van der Waals surface area contributed by atoms with Crippen molar-refractivity contribution >= 4 is 11.3 Å². The molecule has 0 N–H and O–H groups in total. The highest BCUT2D eigenvalue weighted by molar-refractivity contribution is 7.15. The third-order valence-corrected chi connectivity index (χ3v) is 3.87. The van der Waals surface area contributed by atoms with Gasteiger partial charge in [0, 0.05) is 0 Å². The van der Waals surface area contributed by atoms with Gasteiger partial charge < -0.3 is 0 Å². The van der Waals surface area contributed by atoms with Crippen molar-refractivity contribution in [2.24, 2.45) is 0 Å². The Morgan fingerprint density at radius 2 is 1.76 bits per heavy atom. The molecule has 17 heavy (non-hydrogen) atoms. The topological polar surface area (TPSA) is 12.9 Å². The van der Waals surface area contributed by atoms with E-state index in [-0.39, 0.29) is 0 Å². The molecule has 0 aliphatic heterocycles. The van der Waals surface area contributed by atoms with Crippen LogP contribution >= 0.6 is 11.3 Å². The van der Waals surface area contributed by atoms with E-state index in [0.717, 1.165) is 12.1 Å². The average molecular weight is 247 g/mol. The Kier molecular flexibility index (Phi) is 5.36. The maximum Gasteiger partial charge on any atom is 0.0931 e. The number of aryl methyl sites for hydroxylation is 3. The van der Waals surface area contributed by atoms with Crippen molar-refractivity contribution in [2.75, 3.05) is 0 Å². The molecule has 0 bridgehead atoms. The Labute approximate surface area is 109 Å². The first kappa shape index (κ1) is 13.9. The van der Waals surface area contributed by atoms with E-state index >= 15 is 0 Å². The summed E-state index contributed by atoms with van der Waals surface area (Å²) in [7, 11) is 0. The molecule has 92 valence electrons. The van der Waals surface area contributed by atoms with Crippen molar-refractivity contribution in [3.05, 3.63) is 40.5 Å². The second kappa shape index (κ2) is 6.55. The fraction of sp³-hybridized carbons (Fsp3) is 0.400. The molecule has 2 rings (SSSR count). The summed E-state index contributed by atoms with van der Waals surface area (Å²) in [6.45, 7) is 10.4. The van der Waals surface area contributed by atoms with Gasteiger partial charge in [-0.25, -0.2) is 4.98 Å². The molecule has 1 nitrogen and oxygen atoms in total. The van der Waals surface area contributed by atoms with Gasteiger partial charge in [0.1, 0.15) is 0 Å². The van der Waals surface area contributed by atoms with Crippen molar-refractivity contribution in [1.82, 2.24) is 4.98 Å². The van der Waals surface area contributed by atoms with Gasteiger partial charge in [-0.05, 0) is 31.4 Å². The van der Waals surface area contributed by atoms with Crippen molar-refractivity contribution < 1.29 is 0 Å². The summed E-state index contributed by atoms with van der Waals surface area (Å²) in [6, 6.07) is 8.50. The highest BCUT2D eigenvalue weighted by atomic mass is 32.1. The summed E-state index contributed by atoms with van der Waals surface area (Å²) in [5, 5.41) is 1.23. The number of thiazole rings is 1. The molecule has 2 aromatic rings. The lowest BCUT2D eigenvalue weighted by Crippen LogP contribution is -1.82. The lowest BCUT2D eigenvalue weighted by atomic mass is 10.1. The lowest BCUT2D eigenvalue weighted by molar-refractivity contribution is 1.07. The number of aromatic nitrogens is 1. The van der Waals surface area contributed by atoms with Crippen LogP contribution in [0.5, 0.6) is 0 Å². The van der Waals surface area contributed by atoms with Crippen molar-refractivity contribution in [2.45, 2.75) is 41.0 Å². The molecule has 0 aliphatic carbocycles. The second-order valence-electron chi connectivity index (χ2n) is 3.69. The highest BCUT2D eigenvalue weighted by Gasteiger charge is 2.09. The molecule has 0 radical (unpaired) electrons. The predicted molar refractivity (Wildman–Crippen MR) is 77.8 cm³/mol. The van der Waals surface area contributed by atoms with Crippen LogP contribution in [0.1, 0.15) is 37.0 Å². The first-order valence-corrected chi connectivity index (χ1v) is 7.06. The van der Waals surface area contributed by atoms with Crippen molar-refractivity contribution in [3.63, 3.8) is 0 Å². The normalized spacial score (nSPS) is 9.71. The van der Waals surface area contributed by atoms with Crippen LogP contribution in [-0.2, 0) is 6.42 Å². The predicted octanol–water partition coefficient (Wildman–Crippen LogP) is 5.02. The fourth-order valence-corrected chi connectivity index (χ4v) is 2.78. The average Bonchev–Trinajstić information content (AvgIpc) is 2.74. The Hall–Kier alpha value is -1.15. The van der Waals surface area contributed by atoms with Crippen LogP contribution in [0.3, 0.4) is 0 Å². The Morgan fingerprint density at radius 3 is 2.29 bits per heavy atom. The summed E-state index contributed by atoms with van der Waals surface area (Å²) < 4.78 is 0. The van der Waals surface area contributed by atoms with Crippen molar-refractivity contribution in [3.8, 4) is 10.4 Å². The van der Waals surface area contributed by atoms with Crippen LogP contribution in [0, 0.1) is 13.8 Å². The zero-order valence-electron chi connectivity index (χ0n) is 11.4. The van der Waals surface area contributed by atoms with E-state index in [1.54, 1.807) is 0 Å². The summed E-state index contributed by atoms with van der Waals surface area (Å²) in [6.07, 6.45) is 1.03. The summed E-state index contributed by atoms with van der Waals surface area (Å²) in [4.78, 5) is 5.89. The molecule has 0 amide bonds. The third-order valence-electron chi connectivity index (χ3n) is 2.53. The van der Waals surface area contributed by atoms with Gasteiger partial charge in [0.25, 0.3) is 0 Å². The van der Waals surface area contributed by atoms with Crippen LogP contribution < -0.4 is 0 Å². The van der Waals surface area contributed by atoms with E-state index in [4.69, 9.17) is 0 Å². The molecular weight excluding hydrogens is 226 g/mol. The number of rotatable bonds is 2. The molecule has 1 heterocycles. The number of nitrogens with zero attached hydrogens (tertiary/aromatic N) is 1. The van der Waals surface area contributed by atoms with Gasteiger partial charge in [-0.1, -0.05) is 45.0 Å². The number of benzene rings is 1. The molecule has 0 atom stereocenters. The molecule has 0 saturated heterocycles. The Bertz CT molecular complexity index is 472. The molecule has 0 spiro atoms. The van der Waals surface area contributed by atoms with Crippen LogP contribution in [0.25, 0.3) is 10.4 Å². The van der Waals surface area contributed by atoms with Gasteiger partial charge in [0.15, 0.2) is 0 Å². The van der Waals surface area contributed by atoms with Gasteiger partial charge >= 0.3 is 0 Å². The first-order valence-electron chi connectivity index (χ1n) is 6.24. The second-order valence-corrected chi connectivity index (χ2v) is 4.77. The van der Waals surface area contributed by atoms with Crippen LogP contribution in [0.2, 0.25) is 0 Å². The minimum atomic E-state index is 1.03. The van der Waals surface area contributed by atoms with Crippen LogP contribution in [0.15, 0.2) is 24.3 Å². The molecular formula is C15H21NS. The summed E-state index contributed by atoms with van der Waals surface area (Å²) in [5.41, 5.74) is 3.81. The summed E-state index contributed by atoms with van der Waals surface area (Å²) in [5.74, 6) is 0. The highest BCUT2D eigenvalue weighted by Crippen LogP contribution is 2.32. The SMILES string of the molecule is CC.CCc1nc(C)c(-c2ccccc2C)s1. The fourth-order valence-electron chi connectivity index (χ4n) is 1.68. The molecule has 0 unspecified atom stereocenters. The lowest BCUT2D eigenvalue weighted by Gasteiger charge is -2.02. The zero-order chi connectivity index (χ0) is 12.8. The largest absolute Gasteiger partial charge is 0.246 e. The van der Waals surface area contributed by atoms with Gasteiger partial charge in [0.2, 0.25) is 0 Å². The molecule has 0 fully saturated rings. The van der Waals surface area contributed by atoms with Gasteiger partial charge in [-0.2, -0.15) is 0 Å². The van der Waals surface area contributed by atoms with Gasteiger partial charge in [0.05, 0.1) is 15.6 Å². The Balaban J connectivity index is 0.000000686. The summed E-state index contributed by atoms with van der Waals surface area (Å²) >= 11 is 1.82. The first-order chi connectivity index (χ1) is 8.22. The van der Waals surface area contributed by atoms with E-state index < -0.39 is 0 Å². The smallest absolute Gasteiger partial charge is 0.0931 e. The molecule has 0 aliphatic rings. The van der Waals surface area contributed by atoms with E-state index in [1.165, 1.54) is 21.0 Å². The quantitative estimate of drug-likeness (QED) is 0.726. The van der Waals surface area contributed by atoms with E-state index in [1.807, 2.05) is 25.2 Å². The molecule has 2 heteroatoms. The van der Waals surface area contributed by atoms with E-state index in [0.29, 0.717) is 0 Å². The number of hydrogen-bond donors (Lipinski definition) is 0. The van der Waals surface area contributed by atoms with E-state index in [9.17, 15) is 0 Å². The maximum absolute atomic E-state index is 4.57. The molecule has 1 aromatic heterocycles. The zero-order valence-corrected chi connectivity index (χ0v) is 12.2. The maximum atomic E-state index is 4.57. The van der Waals surface area contributed by atoms with Gasteiger partial charge in [-0.3, -0.25) is 0 Å². The molecule has 0 saturated carbocycles. The minimum Gasteiger partial charge on any atom is -0.246 e.